The monoisotopic (exact) mass is 282 g/mol. The minimum Gasteiger partial charge on any atom is -0.546 e. The van der Waals surface area contributed by atoms with Gasteiger partial charge in [0.25, 0.3) is 0 Å². The van der Waals surface area contributed by atoms with Gasteiger partial charge in [-0.15, -0.1) is 0 Å². The van der Waals surface area contributed by atoms with Crippen molar-refractivity contribution in [1.82, 2.24) is 14.4 Å². The molecule has 0 amide bonds. The number of carbonyl (C=O) groups excluding carboxylic acids is 1. The summed E-state index contributed by atoms with van der Waals surface area (Å²) in [6, 6.07) is 11.3. The predicted molar refractivity (Wildman–Crippen MR) is 73.7 cm³/mol. The third-order valence-electron chi connectivity index (χ3n) is 2.94. The Kier molecular flexibility index (Phi) is 3.27. The van der Waals surface area contributed by atoms with E-state index in [2.05, 4.69) is 9.97 Å². The van der Waals surface area contributed by atoms with Gasteiger partial charge in [0, 0.05) is 23.5 Å². The topological polar surface area (TPSA) is 79.5 Å². The number of fused-ring (bicyclic) bond motifs is 1. The molecule has 106 valence electrons. The van der Waals surface area contributed by atoms with Crippen molar-refractivity contribution in [1.29, 1.82) is 0 Å². The first-order chi connectivity index (χ1) is 10.1. The van der Waals surface area contributed by atoms with Crippen molar-refractivity contribution in [2.75, 3.05) is 6.61 Å². The normalized spacial score (nSPS) is 10.7. The zero-order valence-electron chi connectivity index (χ0n) is 11.3. The van der Waals surface area contributed by atoms with Gasteiger partial charge in [0.15, 0.2) is 0 Å². The Morgan fingerprint density at radius 3 is 2.76 bits per heavy atom. The first-order valence-corrected chi connectivity index (χ1v) is 6.38. The van der Waals surface area contributed by atoms with Crippen LogP contribution < -0.4 is 9.84 Å². The van der Waals surface area contributed by atoms with E-state index in [1.165, 1.54) is 0 Å². The van der Waals surface area contributed by atoms with Crippen molar-refractivity contribution >= 4 is 11.7 Å². The molecule has 0 saturated heterocycles. The Morgan fingerprint density at radius 1 is 1.29 bits per heavy atom. The lowest BCUT2D eigenvalue weighted by atomic mass is 10.2. The quantitative estimate of drug-likeness (QED) is 0.708. The molecule has 0 saturated carbocycles. The second kappa shape index (κ2) is 5.24. The first kappa shape index (κ1) is 13.1. The molecule has 0 fully saturated rings. The Labute approximate surface area is 120 Å². The van der Waals surface area contributed by atoms with E-state index < -0.39 is 12.6 Å². The molecule has 3 aromatic rings. The van der Waals surface area contributed by atoms with Gasteiger partial charge in [0.1, 0.15) is 6.61 Å². The summed E-state index contributed by atoms with van der Waals surface area (Å²) in [7, 11) is 0. The first-order valence-electron chi connectivity index (χ1n) is 6.38. The van der Waals surface area contributed by atoms with Crippen LogP contribution in [-0.2, 0) is 4.79 Å². The van der Waals surface area contributed by atoms with Crippen LogP contribution in [0.15, 0.2) is 42.6 Å². The SMILES string of the molecule is Cc1cc(OCC(=O)[O-])n2cc(-c3ccccc3)nc2n1. The van der Waals surface area contributed by atoms with Gasteiger partial charge in [-0.1, -0.05) is 30.3 Å². The fourth-order valence-corrected chi connectivity index (χ4v) is 2.04. The highest BCUT2D eigenvalue weighted by atomic mass is 16.5. The lowest BCUT2D eigenvalue weighted by Crippen LogP contribution is -2.29. The summed E-state index contributed by atoms with van der Waals surface area (Å²) in [6.45, 7) is 1.28. The molecule has 2 heterocycles. The number of carbonyl (C=O) groups is 1. The van der Waals surface area contributed by atoms with E-state index in [4.69, 9.17) is 4.74 Å². The van der Waals surface area contributed by atoms with Crippen LogP contribution in [0.2, 0.25) is 0 Å². The summed E-state index contributed by atoms with van der Waals surface area (Å²) in [5.41, 5.74) is 2.39. The third kappa shape index (κ3) is 2.69. The Balaban J connectivity index is 2.08. The number of ether oxygens (including phenoxy) is 1. The predicted octanol–water partition coefficient (Wildman–Crippen LogP) is 0.833. The van der Waals surface area contributed by atoms with E-state index in [9.17, 15) is 9.90 Å². The molecule has 0 aliphatic rings. The van der Waals surface area contributed by atoms with Crippen LogP contribution in [0.1, 0.15) is 5.69 Å². The van der Waals surface area contributed by atoms with Crippen molar-refractivity contribution in [3.8, 4) is 17.1 Å². The number of benzene rings is 1. The van der Waals surface area contributed by atoms with Gasteiger partial charge in [-0.2, -0.15) is 0 Å². The van der Waals surface area contributed by atoms with Gasteiger partial charge in [0.05, 0.1) is 11.7 Å². The molecule has 0 unspecified atom stereocenters. The van der Waals surface area contributed by atoms with E-state index in [-0.39, 0.29) is 0 Å². The van der Waals surface area contributed by atoms with E-state index in [0.29, 0.717) is 17.4 Å². The summed E-state index contributed by atoms with van der Waals surface area (Å²) >= 11 is 0. The second-order valence-corrected chi connectivity index (χ2v) is 4.56. The number of imidazole rings is 1. The molecular weight excluding hydrogens is 270 g/mol. The van der Waals surface area contributed by atoms with Gasteiger partial charge in [-0.3, -0.25) is 4.40 Å². The van der Waals surface area contributed by atoms with Crippen LogP contribution in [0.4, 0.5) is 0 Å². The van der Waals surface area contributed by atoms with Crippen LogP contribution in [0.25, 0.3) is 17.0 Å². The number of aryl methyl sites for hydroxylation is 1. The number of nitrogens with zero attached hydrogens (tertiary/aromatic N) is 3. The van der Waals surface area contributed by atoms with E-state index in [0.717, 1.165) is 11.3 Å². The maximum absolute atomic E-state index is 10.5. The molecular formula is C15H12N3O3-. The Hall–Kier alpha value is -2.89. The number of aromatic nitrogens is 3. The number of carboxylic acid groups (broad SMARTS) is 1. The summed E-state index contributed by atoms with van der Waals surface area (Å²) in [5, 5.41) is 10.5. The Morgan fingerprint density at radius 2 is 2.05 bits per heavy atom. The van der Waals surface area contributed by atoms with Crippen molar-refractivity contribution in [2.45, 2.75) is 6.92 Å². The molecule has 0 N–H and O–H groups in total. The van der Waals surface area contributed by atoms with Crippen molar-refractivity contribution in [2.24, 2.45) is 0 Å². The van der Waals surface area contributed by atoms with Gasteiger partial charge >= 0.3 is 0 Å². The lowest BCUT2D eigenvalue weighted by molar-refractivity contribution is -0.307. The van der Waals surface area contributed by atoms with Crippen molar-refractivity contribution in [3.63, 3.8) is 0 Å². The molecule has 3 rings (SSSR count). The molecule has 21 heavy (non-hydrogen) atoms. The maximum atomic E-state index is 10.5. The zero-order chi connectivity index (χ0) is 14.8. The average molecular weight is 282 g/mol. The van der Waals surface area contributed by atoms with Crippen molar-refractivity contribution < 1.29 is 14.6 Å². The highest BCUT2D eigenvalue weighted by molar-refractivity contribution is 5.66. The minimum absolute atomic E-state index is 0.372. The molecule has 0 atom stereocenters. The van der Waals surface area contributed by atoms with Crippen LogP contribution in [0.3, 0.4) is 0 Å². The molecule has 6 nitrogen and oxygen atoms in total. The van der Waals surface area contributed by atoms with Crippen molar-refractivity contribution in [3.05, 3.63) is 48.3 Å². The number of hydrogen-bond donors (Lipinski definition) is 0. The number of hydrogen-bond acceptors (Lipinski definition) is 5. The average Bonchev–Trinajstić information content (AvgIpc) is 2.89. The number of aliphatic carboxylic acids is 1. The zero-order valence-corrected chi connectivity index (χ0v) is 11.3. The summed E-state index contributed by atoms with van der Waals surface area (Å²) < 4.78 is 6.85. The molecule has 0 aliphatic heterocycles. The molecule has 0 aliphatic carbocycles. The molecule has 0 spiro atoms. The van der Waals surface area contributed by atoms with Crippen LogP contribution in [-0.4, -0.2) is 26.9 Å². The van der Waals surface area contributed by atoms with E-state index >= 15 is 0 Å². The summed E-state index contributed by atoms with van der Waals surface area (Å²) in [4.78, 5) is 19.3. The molecule has 0 bridgehead atoms. The molecule has 6 heteroatoms. The molecule has 0 radical (unpaired) electrons. The second-order valence-electron chi connectivity index (χ2n) is 4.56. The maximum Gasteiger partial charge on any atom is 0.237 e. The van der Waals surface area contributed by atoms with Crippen LogP contribution in [0, 0.1) is 6.92 Å². The number of rotatable bonds is 4. The standard InChI is InChI=1S/C15H13N3O3/c1-10-7-13(21-9-14(19)20)18-8-12(17-15(18)16-10)11-5-3-2-4-6-11/h2-8H,9H2,1H3,(H,19,20)/p-1. The largest absolute Gasteiger partial charge is 0.546 e. The fourth-order valence-electron chi connectivity index (χ4n) is 2.04. The Bertz CT molecular complexity index is 797. The molecule has 1 aromatic carbocycles. The van der Waals surface area contributed by atoms with E-state index in [1.54, 1.807) is 23.6 Å². The van der Waals surface area contributed by atoms with Gasteiger partial charge < -0.3 is 14.6 Å². The lowest BCUT2D eigenvalue weighted by Gasteiger charge is -2.09. The summed E-state index contributed by atoms with van der Waals surface area (Å²) in [6.07, 6.45) is 1.77. The smallest absolute Gasteiger partial charge is 0.237 e. The third-order valence-corrected chi connectivity index (χ3v) is 2.94. The van der Waals surface area contributed by atoms with E-state index in [1.807, 2.05) is 30.3 Å². The van der Waals surface area contributed by atoms with Crippen LogP contribution >= 0.6 is 0 Å². The highest BCUT2D eigenvalue weighted by Gasteiger charge is 2.10. The fraction of sp³-hybridized carbons (Fsp3) is 0.133. The molecule has 2 aromatic heterocycles. The highest BCUT2D eigenvalue weighted by Crippen LogP contribution is 2.22. The minimum atomic E-state index is -1.28. The van der Waals surface area contributed by atoms with Crippen LogP contribution in [0.5, 0.6) is 5.88 Å². The summed E-state index contributed by atoms with van der Waals surface area (Å²) in [5.74, 6) is -0.445. The van der Waals surface area contributed by atoms with Gasteiger partial charge in [-0.25, -0.2) is 9.97 Å². The number of carboxylic acids is 1. The van der Waals surface area contributed by atoms with Gasteiger partial charge in [0.2, 0.25) is 11.7 Å². The van der Waals surface area contributed by atoms with Gasteiger partial charge in [-0.05, 0) is 6.92 Å².